The van der Waals surface area contributed by atoms with E-state index in [2.05, 4.69) is 9.88 Å². The minimum atomic E-state index is -0.874. The van der Waals surface area contributed by atoms with Crippen molar-refractivity contribution in [2.75, 3.05) is 32.5 Å². The van der Waals surface area contributed by atoms with Gasteiger partial charge in [0.05, 0.1) is 17.1 Å². The van der Waals surface area contributed by atoms with Crippen molar-refractivity contribution in [1.29, 1.82) is 0 Å². The van der Waals surface area contributed by atoms with Crippen molar-refractivity contribution in [3.63, 3.8) is 0 Å². The Morgan fingerprint density at radius 1 is 1.38 bits per heavy atom. The van der Waals surface area contributed by atoms with Crippen LogP contribution in [0.25, 0.3) is 11.1 Å². The Kier molecular flexibility index (Phi) is 6.13. The molecule has 2 aromatic rings. The zero-order chi connectivity index (χ0) is 22.8. The fraction of sp³-hybridized carbons (Fsp3) is 0.455. The van der Waals surface area contributed by atoms with Gasteiger partial charge < -0.3 is 25.8 Å². The number of aryl methyl sites for hydroxylation is 1. The van der Waals surface area contributed by atoms with Crippen molar-refractivity contribution >= 4 is 17.3 Å². The molecule has 2 aliphatic heterocycles. The van der Waals surface area contributed by atoms with Gasteiger partial charge in [0.2, 0.25) is 5.88 Å². The molecule has 1 fully saturated rings. The Balaban J connectivity index is 1.78. The molecule has 1 saturated heterocycles. The summed E-state index contributed by atoms with van der Waals surface area (Å²) in [5.74, 6) is -0.203. The summed E-state index contributed by atoms with van der Waals surface area (Å²) in [4.78, 5) is 30.0. The SMILES string of the molecule is CN1CCCCC1COc1cc(-c2cnc3c(c2)CCCO3)c([N+](=O)[O-])c(N)c1C(N)=O. The summed E-state index contributed by atoms with van der Waals surface area (Å²) >= 11 is 0. The summed E-state index contributed by atoms with van der Waals surface area (Å²) < 4.78 is 11.6. The Labute approximate surface area is 185 Å². The van der Waals surface area contributed by atoms with Gasteiger partial charge in [0.15, 0.2) is 0 Å². The molecule has 3 heterocycles. The van der Waals surface area contributed by atoms with Gasteiger partial charge in [0.25, 0.3) is 5.91 Å². The number of benzene rings is 1. The number of carbonyl (C=O) groups excluding carboxylic acids is 1. The Bertz CT molecular complexity index is 1060. The molecular weight excluding hydrogens is 414 g/mol. The third-order valence-corrected chi connectivity index (χ3v) is 6.15. The Morgan fingerprint density at radius 3 is 2.91 bits per heavy atom. The van der Waals surface area contributed by atoms with Crippen molar-refractivity contribution in [3.8, 4) is 22.8 Å². The molecule has 4 rings (SSSR count). The second-order valence-electron chi connectivity index (χ2n) is 8.26. The lowest BCUT2D eigenvalue weighted by atomic mass is 9.97. The highest BCUT2D eigenvalue weighted by atomic mass is 16.6. The van der Waals surface area contributed by atoms with Crippen LogP contribution in [-0.2, 0) is 6.42 Å². The van der Waals surface area contributed by atoms with Crippen molar-refractivity contribution in [3.05, 3.63) is 39.6 Å². The van der Waals surface area contributed by atoms with Gasteiger partial charge in [-0.25, -0.2) is 4.98 Å². The number of nitrogen functional groups attached to an aromatic ring is 1. The third kappa shape index (κ3) is 4.18. The molecule has 4 N–H and O–H groups in total. The normalized spacial score (nSPS) is 18.5. The number of nitrogens with zero attached hydrogens (tertiary/aromatic N) is 3. The van der Waals surface area contributed by atoms with E-state index in [9.17, 15) is 14.9 Å². The number of nitro benzene ring substituents is 1. The molecular formula is C22H27N5O5. The van der Waals surface area contributed by atoms with Crippen LogP contribution in [0.15, 0.2) is 18.3 Å². The minimum Gasteiger partial charge on any atom is -0.491 e. The zero-order valence-electron chi connectivity index (χ0n) is 18.0. The van der Waals surface area contributed by atoms with E-state index >= 15 is 0 Å². The second kappa shape index (κ2) is 8.99. The Hall–Kier alpha value is -3.40. The summed E-state index contributed by atoms with van der Waals surface area (Å²) in [5, 5.41) is 11.9. The van der Waals surface area contributed by atoms with Crippen LogP contribution in [0, 0.1) is 10.1 Å². The van der Waals surface area contributed by atoms with Gasteiger partial charge in [0.1, 0.15) is 23.6 Å². The number of fused-ring (bicyclic) bond motifs is 1. The van der Waals surface area contributed by atoms with Gasteiger partial charge in [-0.15, -0.1) is 0 Å². The van der Waals surface area contributed by atoms with Crippen molar-refractivity contribution in [1.82, 2.24) is 9.88 Å². The first-order valence-electron chi connectivity index (χ1n) is 10.7. The van der Waals surface area contributed by atoms with E-state index in [0.717, 1.165) is 44.2 Å². The number of ether oxygens (including phenoxy) is 2. The molecule has 170 valence electrons. The lowest BCUT2D eigenvalue weighted by Gasteiger charge is -2.32. The van der Waals surface area contributed by atoms with Crippen LogP contribution in [0.4, 0.5) is 11.4 Å². The molecule has 1 atom stereocenters. The van der Waals surface area contributed by atoms with E-state index in [0.29, 0.717) is 24.7 Å². The van der Waals surface area contributed by atoms with Crippen LogP contribution in [0.3, 0.4) is 0 Å². The number of carbonyl (C=O) groups is 1. The van der Waals surface area contributed by atoms with E-state index in [1.54, 1.807) is 0 Å². The van der Waals surface area contributed by atoms with Gasteiger partial charge in [-0.2, -0.15) is 0 Å². The van der Waals surface area contributed by atoms with E-state index < -0.39 is 10.8 Å². The predicted molar refractivity (Wildman–Crippen MR) is 119 cm³/mol. The minimum absolute atomic E-state index is 0.142. The van der Waals surface area contributed by atoms with Crippen LogP contribution in [-0.4, -0.2) is 53.6 Å². The smallest absolute Gasteiger partial charge is 0.301 e. The first-order valence-corrected chi connectivity index (χ1v) is 10.7. The summed E-state index contributed by atoms with van der Waals surface area (Å²) in [7, 11) is 2.03. The lowest BCUT2D eigenvalue weighted by molar-refractivity contribution is -0.383. The monoisotopic (exact) mass is 441 g/mol. The molecule has 2 aliphatic rings. The first-order chi connectivity index (χ1) is 15.4. The van der Waals surface area contributed by atoms with Crippen molar-refractivity contribution < 1.29 is 19.2 Å². The number of hydrogen-bond acceptors (Lipinski definition) is 8. The standard InChI is InChI=1S/C22H27N5O5/c1-26-7-3-2-6-15(26)12-32-17-10-16(20(27(29)30)19(23)18(17)21(24)28)14-9-13-5-4-8-31-22(13)25-11-14/h9-11,15H,2-8,12,23H2,1H3,(H2,24,28). The summed E-state index contributed by atoms with van der Waals surface area (Å²) in [5.41, 5.74) is 12.4. The zero-order valence-corrected chi connectivity index (χ0v) is 18.0. The molecule has 0 bridgehead atoms. The van der Waals surface area contributed by atoms with Crippen LogP contribution >= 0.6 is 0 Å². The fourth-order valence-corrected chi connectivity index (χ4v) is 4.38. The highest BCUT2D eigenvalue weighted by Gasteiger charge is 2.30. The highest BCUT2D eigenvalue weighted by molar-refractivity contribution is 6.05. The number of nitrogens with two attached hydrogens (primary N) is 2. The molecule has 1 unspecified atom stereocenters. The molecule has 1 amide bonds. The number of aromatic nitrogens is 1. The van der Waals surface area contributed by atoms with Crippen molar-refractivity contribution in [2.24, 2.45) is 5.73 Å². The van der Waals surface area contributed by atoms with E-state index in [1.807, 2.05) is 13.1 Å². The number of primary amides is 1. The number of rotatable bonds is 6. The summed E-state index contributed by atoms with van der Waals surface area (Å²) in [6, 6.07) is 3.46. The van der Waals surface area contributed by atoms with Gasteiger partial charge in [-0.1, -0.05) is 6.42 Å². The highest BCUT2D eigenvalue weighted by Crippen LogP contribution is 2.43. The number of likely N-dealkylation sites (N-methyl/N-ethyl adjacent to an activating group) is 1. The van der Waals surface area contributed by atoms with Crippen LogP contribution in [0.2, 0.25) is 0 Å². The number of anilines is 1. The third-order valence-electron chi connectivity index (χ3n) is 6.15. The first kappa shape index (κ1) is 21.8. The number of piperidine rings is 1. The van der Waals surface area contributed by atoms with E-state index in [-0.39, 0.29) is 34.3 Å². The summed E-state index contributed by atoms with van der Waals surface area (Å²) in [6.45, 7) is 1.88. The molecule has 10 heteroatoms. The molecule has 1 aromatic carbocycles. The average Bonchev–Trinajstić information content (AvgIpc) is 2.77. The molecule has 1 aromatic heterocycles. The summed E-state index contributed by atoms with van der Waals surface area (Å²) in [6.07, 6.45) is 6.30. The molecule has 0 radical (unpaired) electrons. The van der Waals surface area contributed by atoms with Gasteiger partial charge in [-0.3, -0.25) is 14.9 Å². The lowest BCUT2D eigenvalue weighted by Crippen LogP contribution is -2.40. The number of likely N-dealkylation sites (tertiary alicyclic amines) is 1. The van der Waals surface area contributed by atoms with Crippen LogP contribution < -0.4 is 20.9 Å². The maximum Gasteiger partial charge on any atom is 0.301 e. The van der Waals surface area contributed by atoms with E-state index in [4.69, 9.17) is 20.9 Å². The second-order valence-corrected chi connectivity index (χ2v) is 8.26. The van der Waals surface area contributed by atoms with Crippen LogP contribution in [0.5, 0.6) is 11.6 Å². The van der Waals surface area contributed by atoms with E-state index in [1.165, 1.54) is 12.3 Å². The quantitative estimate of drug-likeness (QED) is 0.395. The van der Waals surface area contributed by atoms with Gasteiger partial charge in [-0.05, 0) is 51.4 Å². The molecule has 32 heavy (non-hydrogen) atoms. The molecule has 0 aliphatic carbocycles. The Morgan fingerprint density at radius 2 is 2.19 bits per heavy atom. The number of pyridine rings is 1. The maximum atomic E-state index is 12.2. The van der Waals surface area contributed by atoms with Crippen molar-refractivity contribution in [2.45, 2.75) is 38.1 Å². The largest absolute Gasteiger partial charge is 0.491 e. The predicted octanol–water partition coefficient (Wildman–Crippen LogP) is 2.53. The van der Waals surface area contributed by atoms with Gasteiger partial charge in [0, 0.05) is 23.4 Å². The topological polar surface area (TPSA) is 147 Å². The number of nitro groups is 1. The number of hydrogen-bond donors (Lipinski definition) is 2. The number of amides is 1. The molecule has 0 saturated carbocycles. The average molecular weight is 441 g/mol. The van der Waals surface area contributed by atoms with Gasteiger partial charge >= 0.3 is 5.69 Å². The maximum absolute atomic E-state index is 12.2. The van der Waals surface area contributed by atoms with Crippen LogP contribution in [0.1, 0.15) is 41.6 Å². The molecule has 0 spiro atoms. The fourth-order valence-electron chi connectivity index (χ4n) is 4.38. The molecule has 10 nitrogen and oxygen atoms in total.